The van der Waals surface area contributed by atoms with Crippen molar-refractivity contribution >= 4 is 34.8 Å². The average Bonchev–Trinajstić information content (AvgIpc) is 2.89. The van der Waals surface area contributed by atoms with E-state index in [1.54, 1.807) is 24.3 Å². The normalized spacial score (nSPS) is 10.9. The van der Waals surface area contributed by atoms with E-state index in [1.807, 2.05) is 0 Å². The van der Waals surface area contributed by atoms with Crippen molar-refractivity contribution in [2.75, 3.05) is 0 Å². The van der Waals surface area contributed by atoms with E-state index in [0.717, 1.165) is 4.68 Å². The summed E-state index contributed by atoms with van der Waals surface area (Å²) < 4.78 is 2.46. The minimum atomic E-state index is -0.528. The topological polar surface area (TPSA) is 72.7 Å². The molecule has 1 aromatic carbocycles. The highest BCUT2D eigenvalue weighted by molar-refractivity contribution is 6.41. The molecule has 0 amide bonds. The van der Waals surface area contributed by atoms with Gasteiger partial charge in [-0.3, -0.25) is 14.7 Å². The molecule has 0 radical (unpaired) electrons. The third-order valence-electron chi connectivity index (χ3n) is 3.12. The van der Waals surface area contributed by atoms with Crippen molar-refractivity contribution in [3.05, 3.63) is 78.0 Å². The van der Waals surface area contributed by atoms with Crippen LogP contribution in [0.2, 0.25) is 15.1 Å². The van der Waals surface area contributed by atoms with Crippen LogP contribution in [0.3, 0.4) is 0 Å². The largest absolute Gasteiger partial charge is 0.293 e. The number of rotatable bonds is 3. The Hall–Kier alpha value is -2.02. The van der Waals surface area contributed by atoms with Gasteiger partial charge in [0, 0.05) is 11.1 Å². The molecule has 0 spiro atoms. The summed E-state index contributed by atoms with van der Waals surface area (Å²) in [5.74, 6) is 0. The van der Waals surface area contributed by atoms with Gasteiger partial charge in [-0.25, -0.2) is 9.36 Å². The Morgan fingerprint density at radius 1 is 1.09 bits per heavy atom. The molecule has 6 nitrogen and oxygen atoms in total. The van der Waals surface area contributed by atoms with Gasteiger partial charge in [-0.2, -0.15) is 5.10 Å². The molecule has 9 heteroatoms. The Bertz CT molecular complexity index is 973. The number of nitrogens with zero attached hydrogens (tertiary/aromatic N) is 3. The van der Waals surface area contributed by atoms with Crippen LogP contribution in [0.5, 0.6) is 0 Å². The molecule has 23 heavy (non-hydrogen) atoms. The van der Waals surface area contributed by atoms with E-state index in [4.69, 9.17) is 34.8 Å². The molecule has 0 aliphatic rings. The van der Waals surface area contributed by atoms with Crippen molar-refractivity contribution in [3.8, 4) is 5.69 Å². The van der Waals surface area contributed by atoms with Crippen molar-refractivity contribution in [2.24, 2.45) is 0 Å². The SMILES string of the molecule is O=c1c(Cl)c(Cl)cnn1Cc1cc(=O)n(-c2ccc(Cl)cc2)[nH]1. The van der Waals surface area contributed by atoms with Crippen LogP contribution in [0.25, 0.3) is 5.69 Å². The van der Waals surface area contributed by atoms with Crippen molar-refractivity contribution < 1.29 is 0 Å². The second-order valence-electron chi connectivity index (χ2n) is 4.70. The van der Waals surface area contributed by atoms with Gasteiger partial charge in [0.15, 0.2) is 0 Å². The zero-order valence-corrected chi connectivity index (χ0v) is 13.7. The first kappa shape index (κ1) is 15.9. The van der Waals surface area contributed by atoms with Crippen molar-refractivity contribution in [3.63, 3.8) is 0 Å². The maximum Gasteiger partial charge on any atom is 0.287 e. The van der Waals surface area contributed by atoms with Crippen LogP contribution in [0.15, 0.2) is 46.1 Å². The molecule has 0 saturated heterocycles. The highest BCUT2D eigenvalue weighted by Gasteiger charge is 2.10. The third-order valence-corrected chi connectivity index (χ3v) is 4.12. The number of halogens is 3. The summed E-state index contributed by atoms with van der Waals surface area (Å²) in [6, 6.07) is 8.14. The minimum Gasteiger partial charge on any atom is -0.293 e. The number of H-pyrrole nitrogens is 1. The van der Waals surface area contributed by atoms with Crippen molar-refractivity contribution in [1.82, 2.24) is 19.6 Å². The van der Waals surface area contributed by atoms with E-state index in [1.165, 1.54) is 16.9 Å². The lowest BCUT2D eigenvalue weighted by Gasteiger charge is -2.05. The minimum absolute atomic E-state index is 0.0611. The number of nitrogens with one attached hydrogen (secondary N) is 1. The van der Waals surface area contributed by atoms with Gasteiger partial charge in [0.2, 0.25) is 0 Å². The maximum atomic E-state index is 12.1. The predicted octanol–water partition coefficient (Wildman–Crippen LogP) is 2.73. The quantitative estimate of drug-likeness (QED) is 0.769. The first-order chi connectivity index (χ1) is 11.0. The number of hydrogen-bond donors (Lipinski definition) is 1. The van der Waals surface area contributed by atoms with Gasteiger partial charge in [-0.05, 0) is 24.3 Å². The number of benzene rings is 1. The Morgan fingerprint density at radius 2 is 1.78 bits per heavy atom. The summed E-state index contributed by atoms with van der Waals surface area (Å²) >= 11 is 17.4. The molecule has 2 aromatic heterocycles. The molecule has 0 atom stereocenters. The van der Waals surface area contributed by atoms with E-state index in [0.29, 0.717) is 16.4 Å². The fourth-order valence-corrected chi connectivity index (χ4v) is 2.42. The molecule has 0 bridgehead atoms. The number of aromatic amines is 1. The van der Waals surface area contributed by atoms with Gasteiger partial charge in [-0.15, -0.1) is 0 Å². The lowest BCUT2D eigenvalue weighted by atomic mass is 10.3. The third kappa shape index (κ3) is 3.19. The van der Waals surface area contributed by atoms with Crippen LogP contribution in [0, 0.1) is 0 Å². The molecule has 3 aromatic rings. The van der Waals surface area contributed by atoms with E-state index in [9.17, 15) is 9.59 Å². The molecule has 0 fully saturated rings. The summed E-state index contributed by atoms with van der Waals surface area (Å²) in [7, 11) is 0. The van der Waals surface area contributed by atoms with Gasteiger partial charge < -0.3 is 0 Å². The van der Waals surface area contributed by atoms with Gasteiger partial charge in [0.05, 0.1) is 29.1 Å². The molecular weight excluding hydrogens is 363 g/mol. The predicted molar refractivity (Wildman–Crippen MR) is 89.0 cm³/mol. The van der Waals surface area contributed by atoms with Crippen LogP contribution in [0.4, 0.5) is 0 Å². The second-order valence-corrected chi connectivity index (χ2v) is 5.92. The Kier molecular flexibility index (Phi) is 4.30. The smallest absolute Gasteiger partial charge is 0.287 e. The lowest BCUT2D eigenvalue weighted by molar-refractivity contribution is 0.621. The van der Waals surface area contributed by atoms with Crippen molar-refractivity contribution in [2.45, 2.75) is 6.54 Å². The van der Waals surface area contributed by atoms with E-state index in [2.05, 4.69) is 10.2 Å². The summed E-state index contributed by atoms with van der Waals surface area (Å²) in [5, 5.41) is 7.35. The lowest BCUT2D eigenvalue weighted by Crippen LogP contribution is -2.24. The fourth-order valence-electron chi connectivity index (χ4n) is 2.03. The summed E-state index contributed by atoms with van der Waals surface area (Å²) in [5.41, 5.74) is 0.327. The molecule has 1 N–H and O–H groups in total. The molecule has 0 aliphatic heterocycles. The molecule has 3 rings (SSSR count). The van der Waals surface area contributed by atoms with E-state index < -0.39 is 5.56 Å². The van der Waals surface area contributed by atoms with Crippen LogP contribution in [0.1, 0.15) is 5.69 Å². The van der Waals surface area contributed by atoms with Crippen LogP contribution >= 0.6 is 34.8 Å². The highest BCUT2D eigenvalue weighted by Crippen LogP contribution is 2.15. The molecule has 0 saturated carbocycles. The van der Waals surface area contributed by atoms with Gasteiger partial charge in [-0.1, -0.05) is 34.8 Å². The zero-order chi connectivity index (χ0) is 16.6. The number of aromatic nitrogens is 4. The Morgan fingerprint density at radius 3 is 2.48 bits per heavy atom. The first-order valence-electron chi connectivity index (χ1n) is 6.43. The fraction of sp³-hybridized carbons (Fsp3) is 0.0714. The van der Waals surface area contributed by atoms with Gasteiger partial charge >= 0.3 is 0 Å². The van der Waals surface area contributed by atoms with Crippen molar-refractivity contribution in [1.29, 1.82) is 0 Å². The molecule has 118 valence electrons. The monoisotopic (exact) mass is 370 g/mol. The molecule has 0 unspecified atom stereocenters. The highest BCUT2D eigenvalue weighted by atomic mass is 35.5. The molecular formula is C14H9Cl3N4O2. The van der Waals surface area contributed by atoms with Gasteiger partial charge in [0.1, 0.15) is 5.02 Å². The average molecular weight is 372 g/mol. The maximum absolute atomic E-state index is 12.1. The van der Waals surface area contributed by atoms with Crippen LogP contribution in [-0.2, 0) is 6.54 Å². The van der Waals surface area contributed by atoms with Crippen LogP contribution < -0.4 is 11.1 Å². The standard InChI is InChI=1S/C14H9Cl3N4O2/c15-8-1-3-10(4-2-8)21-12(22)5-9(19-21)7-20-14(23)13(17)11(16)6-18-20/h1-6,19H,7H2. The van der Waals surface area contributed by atoms with Crippen LogP contribution in [-0.4, -0.2) is 19.6 Å². The second kappa shape index (κ2) is 6.23. The molecule has 2 heterocycles. The Labute approximate surface area is 144 Å². The summed E-state index contributed by atoms with van der Waals surface area (Å²) in [4.78, 5) is 24.0. The van der Waals surface area contributed by atoms with E-state index >= 15 is 0 Å². The zero-order valence-electron chi connectivity index (χ0n) is 11.5. The number of hydrogen-bond acceptors (Lipinski definition) is 3. The van der Waals surface area contributed by atoms with Gasteiger partial charge in [0.25, 0.3) is 11.1 Å². The molecule has 0 aliphatic carbocycles. The summed E-state index contributed by atoms with van der Waals surface area (Å²) in [6.07, 6.45) is 1.28. The summed E-state index contributed by atoms with van der Waals surface area (Å²) in [6.45, 7) is 0.0611. The Balaban J connectivity index is 1.96. The van der Waals surface area contributed by atoms with E-state index in [-0.39, 0.29) is 22.1 Å². The first-order valence-corrected chi connectivity index (χ1v) is 7.57.